The van der Waals surface area contributed by atoms with E-state index in [4.69, 9.17) is 5.73 Å². The van der Waals surface area contributed by atoms with Gasteiger partial charge in [0.05, 0.1) is 6.04 Å². The lowest BCUT2D eigenvalue weighted by molar-refractivity contribution is 0.0729. The summed E-state index contributed by atoms with van der Waals surface area (Å²) in [4.78, 5) is 18.8. The Morgan fingerprint density at radius 1 is 1.24 bits per heavy atom. The minimum absolute atomic E-state index is 0.00456. The maximum atomic E-state index is 12.7. The van der Waals surface area contributed by atoms with Crippen LogP contribution in [0.15, 0.2) is 48.7 Å². The summed E-state index contributed by atoms with van der Waals surface area (Å²) in [5.74, 6) is 0.00456. The number of rotatable bonds is 3. The van der Waals surface area contributed by atoms with Crippen molar-refractivity contribution in [1.82, 2.24) is 9.88 Å². The molecule has 0 aliphatic carbocycles. The van der Waals surface area contributed by atoms with E-state index in [1.54, 1.807) is 12.3 Å². The Morgan fingerprint density at radius 3 is 2.71 bits per heavy atom. The van der Waals surface area contributed by atoms with Gasteiger partial charge in [0, 0.05) is 19.3 Å². The van der Waals surface area contributed by atoms with Crippen molar-refractivity contribution in [3.63, 3.8) is 0 Å². The van der Waals surface area contributed by atoms with Gasteiger partial charge in [-0.15, -0.1) is 0 Å². The molecule has 0 spiro atoms. The SMILES string of the molecule is NCc1ccc(C(=O)N2CCCC2c2ccccc2)nc1. The molecule has 1 aromatic heterocycles. The van der Waals surface area contributed by atoms with E-state index in [1.165, 1.54) is 5.56 Å². The number of carbonyl (C=O) groups excluding carboxylic acids is 1. The van der Waals surface area contributed by atoms with Crippen molar-refractivity contribution in [3.05, 3.63) is 65.5 Å². The Bertz CT molecular complexity index is 610. The quantitative estimate of drug-likeness (QED) is 0.940. The Kier molecular flexibility index (Phi) is 3.97. The number of hydrogen-bond acceptors (Lipinski definition) is 3. The molecule has 21 heavy (non-hydrogen) atoms. The van der Waals surface area contributed by atoms with Gasteiger partial charge >= 0.3 is 0 Å². The molecule has 4 nitrogen and oxygen atoms in total. The third-order valence-electron chi connectivity index (χ3n) is 3.98. The predicted molar refractivity (Wildman–Crippen MR) is 81.6 cm³/mol. The van der Waals surface area contributed by atoms with Crippen molar-refractivity contribution in [2.75, 3.05) is 6.54 Å². The van der Waals surface area contributed by atoms with Gasteiger partial charge < -0.3 is 10.6 Å². The number of likely N-dealkylation sites (tertiary alicyclic amines) is 1. The number of carbonyl (C=O) groups is 1. The van der Waals surface area contributed by atoms with Gasteiger partial charge in [0.1, 0.15) is 5.69 Å². The Hall–Kier alpha value is -2.20. The summed E-state index contributed by atoms with van der Waals surface area (Å²) in [5, 5.41) is 0. The van der Waals surface area contributed by atoms with Gasteiger partial charge in [-0.2, -0.15) is 0 Å². The standard InChI is InChI=1S/C17H19N3O/c18-11-13-8-9-15(19-12-13)17(21)20-10-4-7-16(20)14-5-2-1-3-6-14/h1-3,5-6,8-9,12,16H,4,7,10-11,18H2. The number of nitrogens with zero attached hydrogens (tertiary/aromatic N) is 2. The van der Waals surface area contributed by atoms with Crippen molar-refractivity contribution in [1.29, 1.82) is 0 Å². The van der Waals surface area contributed by atoms with Crippen LogP contribution < -0.4 is 5.73 Å². The van der Waals surface area contributed by atoms with Crippen molar-refractivity contribution < 1.29 is 4.79 Å². The lowest BCUT2D eigenvalue weighted by Crippen LogP contribution is -2.31. The molecule has 0 saturated carbocycles. The van der Waals surface area contributed by atoms with Crippen molar-refractivity contribution in [2.24, 2.45) is 5.73 Å². The molecule has 1 aromatic carbocycles. The zero-order chi connectivity index (χ0) is 14.7. The molecule has 1 saturated heterocycles. The van der Waals surface area contributed by atoms with E-state index in [0.29, 0.717) is 12.2 Å². The molecule has 2 N–H and O–H groups in total. The molecule has 1 fully saturated rings. The maximum absolute atomic E-state index is 12.7. The Morgan fingerprint density at radius 2 is 2.05 bits per heavy atom. The summed E-state index contributed by atoms with van der Waals surface area (Å²) in [6.07, 6.45) is 3.73. The lowest BCUT2D eigenvalue weighted by atomic mass is 10.0. The monoisotopic (exact) mass is 281 g/mol. The highest BCUT2D eigenvalue weighted by atomic mass is 16.2. The zero-order valence-electron chi connectivity index (χ0n) is 11.9. The number of hydrogen-bond donors (Lipinski definition) is 1. The smallest absolute Gasteiger partial charge is 0.272 e. The second-order valence-corrected chi connectivity index (χ2v) is 5.32. The van der Waals surface area contributed by atoms with Gasteiger partial charge in [-0.1, -0.05) is 36.4 Å². The number of nitrogens with two attached hydrogens (primary N) is 1. The van der Waals surface area contributed by atoms with Gasteiger partial charge in [0.2, 0.25) is 0 Å². The molecule has 2 aromatic rings. The van der Waals surface area contributed by atoms with E-state index in [0.717, 1.165) is 24.9 Å². The first-order valence-corrected chi connectivity index (χ1v) is 7.30. The molecular weight excluding hydrogens is 262 g/mol. The van der Waals surface area contributed by atoms with E-state index in [1.807, 2.05) is 29.2 Å². The average Bonchev–Trinajstić information content (AvgIpc) is 3.04. The first-order valence-electron chi connectivity index (χ1n) is 7.30. The Balaban J connectivity index is 1.82. The first kappa shape index (κ1) is 13.8. The number of amides is 1. The van der Waals surface area contributed by atoms with Crippen molar-refractivity contribution >= 4 is 5.91 Å². The molecule has 1 atom stereocenters. The molecule has 0 radical (unpaired) electrons. The van der Waals surface area contributed by atoms with Crippen LogP contribution in [-0.4, -0.2) is 22.3 Å². The fraction of sp³-hybridized carbons (Fsp3) is 0.294. The molecule has 1 aliphatic rings. The van der Waals surface area contributed by atoms with Crippen LogP contribution in [0, 0.1) is 0 Å². The van der Waals surface area contributed by atoms with Crippen LogP contribution in [0.1, 0.15) is 40.5 Å². The summed E-state index contributed by atoms with van der Waals surface area (Å²) >= 11 is 0. The Labute approximate surface area is 124 Å². The van der Waals surface area contributed by atoms with E-state index in [-0.39, 0.29) is 11.9 Å². The van der Waals surface area contributed by atoms with E-state index in [2.05, 4.69) is 17.1 Å². The van der Waals surface area contributed by atoms with Gasteiger partial charge in [0.15, 0.2) is 0 Å². The van der Waals surface area contributed by atoms with Crippen molar-refractivity contribution in [2.45, 2.75) is 25.4 Å². The van der Waals surface area contributed by atoms with Gasteiger partial charge in [-0.3, -0.25) is 9.78 Å². The number of pyridine rings is 1. The predicted octanol–water partition coefficient (Wildman–Crippen LogP) is 2.52. The summed E-state index contributed by atoms with van der Waals surface area (Å²) < 4.78 is 0. The maximum Gasteiger partial charge on any atom is 0.272 e. The lowest BCUT2D eigenvalue weighted by Gasteiger charge is -2.24. The van der Waals surface area contributed by atoms with Crippen LogP contribution in [0.2, 0.25) is 0 Å². The largest absolute Gasteiger partial charge is 0.330 e. The van der Waals surface area contributed by atoms with Crippen LogP contribution in [0.25, 0.3) is 0 Å². The molecular formula is C17H19N3O. The number of benzene rings is 1. The second-order valence-electron chi connectivity index (χ2n) is 5.32. The summed E-state index contributed by atoms with van der Waals surface area (Å²) in [6, 6.07) is 14.0. The molecule has 2 heterocycles. The molecule has 1 amide bonds. The van der Waals surface area contributed by atoms with E-state index >= 15 is 0 Å². The molecule has 108 valence electrons. The molecule has 1 aliphatic heterocycles. The molecule has 3 rings (SSSR count). The van der Waals surface area contributed by atoms with Crippen LogP contribution in [0.4, 0.5) is 0 Å². The minimum Gasteiger partial charge on any atom is -0.330 e. The molecule has 4 heteroatoms. The van der Waals surface area contributed by atoms with Crippen molar-refractivity contribution in [3.8, 4) is 0 Å². The van der Waals surface area contributed by atoms with Gasteiger partial charge in [-0.25, -0.2) is 0 Å². The van der Waals surface area contributed by atoms with Gasteiger partial charge in [0.25, 0.3) is 5.91 Å². The second kappa shape index (κ2) is 6.06. The summed E-state index contributed by atoms with van der Waals surface area (Å²) in [5.41, 5.74) is 8.19. The average molecular weight is 281 g/mol. The highest BCUT2D eigenvalue weighted by Gasteiger charge is 2.30. The summed E-state index contributed by atoms with van der Waals surface area (Å²) in [6.45, 7) is 1.23. The topological polar surface area (TPSA) is 59.2 Å². The highest BCUT2D eigenvalue weighted by Crippen LogP contribution is 2.32. The zero-order valence-corrected chi connectivity index (χ0v) is 11.9. The van der Waals surface area contributed by atoms with E-state index < -0.39 is 0 Å². The fourth-order valence-corrected chi connectivity index (χ4v) is 2.85. The van der Waals surface area contributed by atoms with Gasteiger partial charge in [-0.05, 0) is 30.0 Å². The fourth-order valence-electron chi connectivity index (χ4n) is 2.85. The van der Waals surface area contributed by atoms with Crippen LogP contribution in [0.3, 0.4) is 0 Å². The van der Waals surface area contributed by atoms with Crippen LogP contribution >= 0.6 is 0 Å². The molecule has 1 unspecified atom stereocenters. The third-order valence-corrected chi connectivity index (χ3v) is 3.98. The van der Waals surface area contributed by atoms with E-state index in [9.17, 15) is 4.79 Å². The molecule has 0 bridgehead atoms. The normalized spacial score (nSPS) is 18.0. The summed E-state index contributed by atoms with van der Waals surface area (Å²) in [7, 11) is 0. The minimum atomic E-state index is 0.00456. The third kappa shape index (κ3) is 2.81. The van der Waals surface area contributed by atoms with Crippen LogP contribution in [0.5, 0.6) is 0 Å². The highest BCUT2D eigenvalue weighted by molar-refractivity contribution is 5.92. The first-order chi connectivity index (χ1) is 10.3. The van der Waals surface area contributed by atoms with Crippen LogP contribution in [-0.2, 0) is 6.54 Å². The number of aromatic nitrogens is 1.